The Balaban J connectivity index is 0. The van der Waals surface area contributed by atoms with Crippen LogP contribution in [-0.4, -0.2) is 40.0 Å². The Morgan fingerprint density at radius 2 is 1.75 bits per heavy atom. The molecule has 0 saturated heterocycles. The van der Waals surface area contributed by atoms with E-state index >= 15 is 0 Å². The lowest BCUT2D eigenvalue weighted by atomic mass is 10.3. The minimum Gasteiger partial charge on any atom is -0.383 e. The van der Waals surface area contributed by atoms with E-state index < -0.39 is 0 Å². The maximum absolute atomic E-state index is 4.93. The van der Waals surface area contributed by atoms with Crippen LogP contribution < -0.4 is 5.32 Å². The van der Waals surface area contributed by atoms with E-state index in [1.54, 1.807) is 14.2 Å². The SMILES string of the molecule is CC.COCCNC(C)COC. The Kier molecular flexibility index (Phi) is 16.2. The fourth-order valence-electron chi connectivity index (χ4n) is 0.716. The van der Waals surface area contributed by atoms with Gasteiger partial charge < -0.3 is 14.8 Å². The lowest BCUT2D eigenvalue weighted by Gasteiger charge is -2.11. The number of rotatable bonds is 6. The number of methoxy groups -OCH3 is 2. The molecule has 0 aromatic rings. The van der Waals surface area contributed by atoms with Crippen LogP contribution in [0.2, 0.25) is 0 Å². The molecule has 76 valence electrons. The highest BCUT2D eigenvalue weighted by Gasteiger charge is 1.97. The fraction of sp³-hybridized carbons (Fsp3) is 1.00. The van der Waals surface area contributed by atoms with Gasteiger partial charge in [0.1, 0.15) is 0 Å². The first-order chi connectivity index (χ1) is 5.81. The number of nitrogens with one attached hydrogen (secondary N) is 1. The summed E-state index contributed by atoms with van der Waals surface area (Å²) >= 11 is 0. The van der Waals surface area contributed by atoms with Gasteiger partial charge in [-0.25, -0.2) is 0 Å². The van der Waals surface area contributed by atoms with E-state index in [2.05, 4.69) is 12.2 Å². The molecule has 0 aliphatic rings. The van der Waals surface area contributed by atoms with Crippen LogP contribution in [0.25, 0.3) is 0 Å². The van der Waals surface area contributed by atoms with Crippen molar-refractivity contribution in [3.63, 3.8) is 0 Å². The van der Waals surface area contributed by atoms with Crippen molar-refractivity contribution in [2.75, 3.05) is 34.0 Å². The van der Waals surface area contributed by atoms with Crippen LogP contribution in [0.3, 0.4) is 0 Å². The predicted octanol–water partition coefficient (Wildman–Crippen LogP) is 1.28. The van der Waals surface area contributed by atoms with Crippen molar-refractivity contribution < 1.29 is 9.47 Å². The van der Waals surface area contributed by atoms with Gasteiger partial charge in [0, 0.05) is 26.8 Å². The van der Waals surface area contributed by atoms with Crippen molar-refractivity contribution in [1.82, 2.24) is 5.32 Å². The second kappa shape index (κ2) is 13.5. The summed E-state index contributed by atoms with van der Waals surface area (Å²) in [5.74, 6) is 0. The maximum atomic E-state index is 4.93. The molecule has 0 fully saturated rings. The van der Waals surface area contributed by atoms with E-state index in [-0.39, 0.29) is 0 Å². The van der Waals surface area contributed by atoms with Crippen molar-refractivity contribution in [2.24, 2.45) is 0 Å². The smallest absolute Gasteiger partial charge is 0.0613 e. The van der Waals surface area contributed by atoms with E-state index in [1.807, 2.05) is 13.8 Å². The Labute approximate surface area is 76.4 Å². The van der Waals surface area contributed by atoms with E-state index in [0.29, 0.717) is 6.04 Å². The zero-order valence-electron chi connectivity index (χ0n) is 9.02. The summed E-state index contributed by atoms with van der Waals surface area (Å²) in [5.41, 5.74) is 0. The molecule has 3 nitrogen and oxygen atoms in total. The van der Waals surface area contributed by atoms with Gasteiger partial charge >= 0.3 is 0 Å². The van der Waals surface area contributed by atoms with E-state index in [4.69, 9.17) is 9.47 Å². The molecule has 1 N–H and O–H groups in total. The molecule has 0 amide bonds. The second-order valence-corrected chi connectivity index (χ2v) is 2.30. The van der Waals surface area contributed by atoms with Gasteiger partial charge in [-0.2, -0.15) is 0 Å². The minimum absolute atomic E-state index is 0.417. The Hall–Kier alpha value is -0.120. The second-order valence-electron chi connectivity index (χ2n) is 2.30. The summed E-state index contributed by atoms with van der Waals surface area (Å²) in [6.07, 6.45) is 0. The maximum Gasteiger partial charge on any atom is 0.0613 e. The molecule has 0 bridgehead atoms. The molecule has 1 atom stereocenters. The van der Waals surface area contributed by atoms with Crippen molar-refractivity contribution in [3.05, 3.63) is 0 Å². The van der Waals surface area contributed by atoms with Gasteiger partial charge in [-0.15, -0.1) is 0 Å². The lowest BCUT2D eigenvalue weighted by molar-refractivity contribution is 0.158. The molecule has 12 heavy (non-hydrogen) atoms. The van der Waals surface area contributed by atoms with Crippen LogP contribution in [0.15, 0.2) is 0 Å². The van der Waals surface area contributed by atoms with Gasteiger partial charge in [0.25, 0.3) is 0 Å². The highest BCUT2D eigenvalue weighted by Crippen LogP contribution is 1.80. The summed E-state index contributed by atoms with van der Waals surface area (Å²) in [6, 6.07) is 0.417. The summed E-state index contributed by atoms with van der Waals surface area (Å²) < 4.78 is 9.80. The molecule has 0 aliphatic heterocycles. The normalized spacial score (nSPS) is 11.8. The molecule has 0 radical (unpaired) electrons. The molecule has 0 aromatic heterocycles. The Morgan fingerprint density at radius 3 is 2.17 bits per heavy atom. The van der Waals surface area contributed by atoms with Gasteiger partial charge in [0.2, 0.25) is 0 Å². The van der Waals surface area contributed by atoms with Gasteiger partial charge in [-0.1, -0.05) is 13.8 Å². The zero-order valence-corrected chi connectivity index (χ0v) is 9.02. The van der Waals surface area contributed by atoms with Gasteiger partial charge in [-0.05, 0) is 6.92 Å². The van der Waals surface area contributed by atoms with Crippen LogP contribution in [0, 0.1) is 0 Å². The van der Waals surface area contributed by atoms with Crippen molar-refractivity contribution in [2.45, 2.75) is 26.8 Å². The number of ether oxygens (including phenoxy) is 2. The third-order valence-corrected chi connectivity index (χ3v) is 1.22. The molecule has 0 aliphatic carbocycles. The minimum atomic E-state index is 0.417. The summed E-state index contributed by atoms with van der Waals surface area (Å²) in [4.78, 5) is 0. The molecule has 0 heterocycles. The van der Waals surface area contributed by atoms with Crippen LogP contribution in [0.1, 0.15) is 20.8 Å². The average Bonchev–Trinajstić information content (AvgIpc) is 2.09. The third kappa shape index (κ3) is 12.5. The first-order valence-electron chi connectivity index (χ1n) is 4.52. The molecule has 3 heteroatoms. The number of hydrogen-bond donors (Lipinski definition) is 1. The standard InChI is InChI=1S/C7H17NO2.C2H6/c1-7(6-10-3)8-4-5-9-2;1-2/h7-8H,4-6H2,1-3H3;1-2H3. The van der Waals surface area contributed by atoms with Gasteiger partial charge in [0.15, 0.2) is 0 Å². The molecular formula is C9H23NO2. The largest absolute Gasteiger partial charge is 0.383 e. The molecule has 0 spiro atoms. The summed E-state index contributed by atoms with van der Waals surface area (Å²) in [6.45, 7) is 8.48. The Morgan fingerprint density at radius 1 is 1.17 bits per heavy atom. The topological polar surface area (TPSA) is 30.5 Å². The summed E-state index contributed by atoms with van der Waals surface area (Å²) in [7, 11) is 3.40. The fourth-order valence-corrected chi connectivity index (χ4v) is 0.716. The highest BCUT2D eigenvalue weighted by atomic mass is 16.5. The molecule has 0 rings (SSSR count). The molecule has 0 saturated carbocycles. The van der Waals surface area contributed by atoms with Crippen LogP contribution in [-0.2, 0) is 9.47 Å². The molecular weight excluding hydrogens is 154 g/mol. The van der Waals surface area contributed by atoms with Crippen LogP contribution >= 0.6 is 0 Å². The first kappa shape index (κ1) is 14.4. The quantitative estimate of drug-likeness (QED) is 0.620. The van der Waals surface area contributed by atoms with Gasteiger partial charge in [-0.3, -0.25) is 0 Å². The third-order valence-electron chi connectivity index (χ3n) is 1.22. The van der Waals surface area contributed by atoms with Crippen molar-refractivity contribution in [3.8, 4) is 0 Å². The zero-order chi connectivity index (χ0) is 9.82. The Bertz CT molecular complexity index is 69.5. The first-order valence-corrected chi connectivity index (χ1v) is 4.52. The average molecular weight is 177 g/mol. The van der Waals surface area contributed by atoms with Crippen LogP contribution in [0.5, 0.6) is 0 Å². The molecule has 1 unspecified atom stereocenters. The lowest BCUT2D eigenvalue weighted by Crippen LogP contribution is -2.32. The predicted molar refractivity (Wildman–Crippen MR) is 52.6 cm³/mol. The highest BCUT2D eigenvalue weighted by molar-refractivity contribution is 4.57. The van der Waals surface area contributed by atoms with E-state index in [9.17, 15) is 0 Å². The summed E-state index contributed by atoms with van der Waals surface area (Å²) in [5, 5.41) is 3.23. The van der Waals surface area contributed by atoms with E-state index in [1.165, 1.54) is 0 Å². The van der Waals surface area contributed by atoms with Gasteiger partial charge in [0.05, 0.1) is 13.2 Å². The number of hydrogen-bond acceptors (Lipinski definition) is 3. The van der Waals surface area contributed by atoms with Crippen molar-refractivity contribution in [1.29, 1.82) is 0 Å². The van der Waals surface area contributed by atoms with E-state index in [0.717, 1.165) is 19.8 Å². The monoisotopic (exact) mass is 177 g/mol. The molecule has 0 aromatic carbocycles. The van der Waals surface area contributed by atoms with Crippen molar-refractivity contribution >= 4 is 0 Å². The van der Waals surface area contributed by atoms with Crippen LogP contribution in [0.4, 0.5) is 0 Å².